The summed E-state index contributed by atoms with van der Waals surface area (Å²) in [4.78, 5) is 36.2. The maximum atomic E-state index is 14.4. The van der Waals surface area contributed by atoms with Crippen molar-refractivity contribution in [3.8, 4) is 0 Å². The number of nitrogens with one attached hydrogen (secondary N) is 5. The van der Waals surface area contributed by atoms with E-state index >= 15 is 0 Å². The molecular weight excluding hydrogens is 577 g/mol. The van der Waals surface area contributed by atoms with Crippen molar-refractivity contribution < 1.29 is 44.8 Å². The van der Waals surface area contributed by atoms with Crippen LogP contribution in [0.25, 0.3) is 0 Å². The van der Waals surface area contributed by atoms with Gasteiger partial charge in [-0.3, -0.25) is 4.79 Å². The number of benzene rings is 3. The third-order valence-corrected chi connectivity index (χ3v) is 6.56. The molecule has 5 amide bonds. The average molecular weight is 600 g/mol. The molecule has 3 aromatic carbocycles. The lowest BCUT2D eigenvalue weighted by atomic mass is 10.2. The van der Waals surface area contributed by atoms with Gasteiger partial charge in [0.2, 0.25) is 0 Å². The maximum Gasteiger partial charge on any atom is 0.419 e. The van der Waals surface area contributed by atoms with Crippen LogP contribution >= 0.6 is 0 Å². The Morgan fingerprint density at radius 1 is 0.805 bits per heavy atom. The van der Waals surface area contributed by atoms with Crippen LogP contribution in [0.1, 0.15) is 21.5 Å². The Balaban J connectivity index is 1.47. The van der Waals surface area contributed by atoms with Gasteiger partial charge in [0, 0.05) is 24.3 Å². The molecule has 3 rings (SSSR count). The molecular formula is C25H22F5N5O5S. The van der Waals surface area contributed by atoms with Gasteiger partial charge in [-0.25, -0.2) is 31.5 Å². The van der Waals surface area contributed by atoms with Crippen LogP contribution in [0.5, 0.6) is 0 Å². The van der Waals surface area contributed by atoms with Gasteiger partial charge in [0.1, 0.15) is 11.6 Å². The lowest BCUT2D eigenvalue weighted by Crippen LogP contribution is -2.42. The third kappa shape index (κ3) is 8.63. The minimum Gasteiger partial charge on any atom is -0.350 e. The zero-order valence-corrected chi connectivity index (χ0v) is 21.8. The quantitative estimate of drug-likeness (QED) is 0.193. The Morgan fingerprint density at radius 3 is 2.15 bits per heavy atom. The average Bonchev–Trinajstić information content (AvgIpc) is 2.86. The number of amides is 5. The summed E-state index contributed by atoms with van der Waals surface area (Å²) in [5.41, 5.74) is -1.72. The van der Waals surface area contributed by atoms with Crippen LogP contribution in [0.3, 0.4) is 0 Å². The topological polar surface area (TPSA) is 146 Å². The monoisotopic (exact) mass is 599 g/mol. The fourth-order valence-corrected chi connectivity index (χ4v) is 4.35. The maximum absolute atomic E-state index is 14.4. The van der Waals surface area contributed by atoms with E-state index in [1.807, 2.05) is 4.72 Å². The van der Waals surface area contributed by atoms with Gasteiger partial charge in [0.25, 0.3) is 15.9 Å². The number of carbonyl (C=O) groups is 3. The van der Waals surface area contributed by atoms with Crippen molar-refractivity contribution in [2.45, 2.75) is 18.0 Å². The Hall–Kier alpha value is -4.73. The number of alkyl halides is 3. The van der Waals surface area contributed by atoms with Gasteiger partial charge < -0.3 is 21.3 Å². The van der Waals surface area contributed by atoms with Gasteiger partial charge in [-0.1, -0.05) is 12.1 Å². The first-order valence-electron chi connectivity index (χ1n) is 11.6. The molecule has 0 aliphatic heterocycles. The highest BCUT2D eigenvalue weighted by atomic mass is 32.2. The van der Waals surface area contributed by atoms with Crippen molar-refractivity contribution in [2.24, 2.45) is 0 Å². The van der Waals surface area contributed by atoms with Crippen molar-refractivity contribution in [3.05, 3.63) is 89.0 Å². The summed E-state index contributed by atoms with van der Waals surface area (Å²) in [7, 11) is -4.11. The highest BCUT2D eigenvalue weighted by molar-refractivity contribution is 7.90. The van der Waals surface area contributed by atoms with E-state index in [4.69, 9.17) is 0 Å². The van der Waals surface area contributed by atoms with Crippen LogP contribution in [-0.4, -0.2) is 39.5 Å². The summed E-state index contributed by atoms with van der Waals surface area (Å²) in [6.45, 7) is 1.36. The van der Waals surface area contributed by atoms with Gasteiger partial charge in [-0.05, 0) is 61.0 Å². The minimum absolute atomic E-state index is 0.105. The smallest absolute Gasteiger partial charge is 0.350 e. The zero-order chi connectivity index (χ0) is 30.4. The lowest BCUT2D eigenvalue weighted by Gasteiger charge is -2.12. The van der Waals surface area contributed by atoms with Crippen LogP contribution in [-0.2, 0) is 16.2 Å². The van der Waals surface area contributed by atoms with Gasteiger partial charge in [0.15, 0.2) is 0 Å². The summed E-state index contributed by atoms with van der Waals surface area (Å²) < 4.78 is 92.4. The molecule has 0 radical (unpaired) electrons. The summed E-state index contributed by atoms with van der Waals surface area (Å²) in [5.74, 6) is -3.40. The second-order valence-electron chi connectivity index (χ2n) is 8.40. The highest BCUT2D eigenvalue weighted by Gasteiger charge is 2.34. The Bertz CT molecular complexity index is 1580. The Kier molecular flexibility index (Phi) is 9.49. The first-order valence-corrected chi connectivity index (χ1v) is 13.0. The van der Waals surface area contributed by atoms with Gasteiger partial charge in [0.05, 0.1) is 16.1 Å². The van der Waals surface area contributed by atoms with Crippen LogP contribution in [0.2, 0.25) is 0 Å². The molecule has 0 aliphatic carbocycles. The third-order valence-electron chi connectivity index (χ3n) is 5.23. The SMILES string of the molecule is Cc1cccc(S(=O)(=O)NC(=O)NCCNC(=O)c2ccc(NC(=O)Nc3ccc(C(F)(F)F)c(F)c3)c(F)c2)c1. The number of anilines is 2. The zero-order valence-electron chi connectivity index (χ0n) is 21.0. The molecule has 0 saturated heterocycles. The minimum atomic E-state index is -4.92. The summed E-state index contributed by atoms with van der Waals surface area (Å²) in [6, 6.07) is 8.47. The number of sulfonamides is 1. The molecule has 0 fully saturated rings. The standard InChI is InChI=1S/C25H22F5N5O5S/c1-14-3-2-4-17(11-14)41(39,40)35-23(37)32-10-9-31-22(36)15-5-8-21(20(27)12-15)34-24(38)33-16-6-7-18(19(26)13-16)25(28,29)30/h2-8,11-13H,9-10H2,1H3,(H,31,36)(H2,32,35,37)(H2,33,34,38). The summed E-state index contributed by atoms with van der Waals surface area (Å²) >= 11 is 0. The first kappa shape index (κ1) is 30.8. The normalized spacial score (nSPS) is 11.4. The van der Waals surface area contributed by atoms with Crippen LogP contribution in [0.4, 0.5) is 42.9 Å². The first-order chi connectivity index (χ1) is 19.2. The van der Waals surface area contributed by atoms with Crippen molar-refractivity contribution in [2.75, 3.05) is 23.7 Å². The number of urea groups is 2. The van der Waals surface area contributed by atoms with Gasteiger partial charge in [-0.2, -0.15) is 13.2 Å². The molecule has 10 nitrogen and oxygen atoms in total. The molecule has 16 heteroatoms. The Labute approximate surface area is 230 Å². The van der Waals surface area contributed by atoms with Gasteiger partial charge in [-0.15, -0.1) is 0 Å². The largest absolute Gasteiger partial charge is 0.419 e. The number of rotatable bonds is 8. The van der Waals surface area contributed by atoms with Crippen molar-refractivity contribution in [1.82, 2.24) is 15.4 Å². The van der Waals surface area contributed by atoms with Crippen molar-refractivity contribution in [1.29, 1.82) is 0 Å². The second-order valence-corrected chi connectivity index (χ2v) is 10.1. The van der Waals surface area contributed by atoms with E-state index in [2.05, 4.69) is 21.3 Å². The highest BCUT2D eigenvalue weighted by Crippen LogP contribution is 2.32. The van der Waals surface area contributed by atoms with Gasteiger partial charge >= 0.3 is 18.2 Å². The number of aryl methyl sites for hydroxylation is 1. The molecule has 0 atom stereocenters. The predicted octanol–water partition coefficient (Wildman–Crippen LogP) is 4.35. The van der Waals surface area contributed by atoms with Crippen LogP contribution in [0.15, 0.2) is 65.6 Å². The second kappa shape index (κ2) is 12.6. The summed E-state index contributed by atoms with van der Waals surface area (Å²) in [6.07, 6.45) is -4.92. The van der Waals surface area contributed by atoms with Crippen LogP contribution in [0, 0.1) is 18.6 Å². The molecule has 0 bridgehead atoms. The lowest BCUT2D eigenvalue weighted by molar-refractivity contribution is -0.139. The molecule has 3 aromatic rings. The fourth-order valence-electron chi connectivity index (χ4n) is 3.32. The molecule has 0 aliphatic rings. The fraction of sp³-hybridized carbons (Fsp3) is 0.160. The number of halogens is 5. The van der Waals surface area contributed by atoms with E-state index in [1.165, 1.54) is 18.2 Å². The number of hydrogen-bond acceptors (Lipinski definition) is 5. The van der Waals surface area contributed by atoms with E-state index in [1.54, 1.807) is 13.0 Å². The van der Waals surface area contributed by atoms with E-state index in [0.29, 0.717) is 17.7 Å². The Morgan fingerprint density at radius 2 is 1.51 bits per heavy atom. The van der Waals surface area contributed by atoms with Crippen molar-refractivity contribution >= 4 is 39.4 Å². The molecule has 41 heavy (non-hydrogen) atoms. The molecule has 0 aromatic heterocycles. The molecule has 5 N–H and O–H groups in total. The molecule has 0 heterocycles. The van der Waals surface area contributed by atoms with E-state index in [9.17, 15) is 44.8 Å². The number of carbonyl (C=O) groups excluding carboxylic acids is 3. The molecule has 0 spiro atoms. The molecule has 0 saturated carbocycles. The van der Waals surface area contributed by atoms with E-state index in [0.717, 1.165) is 24.3 Å². The molecule has 218 valence electrons. The number of hydrogen-bond donors (Lipinski definition) is 5. The summed E-state index contributed by atoms with van der Waals surface area (Å²) in [5, 5.41) is 8.78. The molecule has 0 unspecified atom stereocenters. The van der Waals surface area contributed by atoms with E-state index < -0.39 is 51.4 Å². The van der Waals surface area contributed by atoms with Crippen LogP contribution < -0.4 is 26.0 Å². The van der Waals surface area contributed by atoms with Crippen molar-refractivity contribution in [3.63, 3.8) is 0 Å². The predicted molar refractivity (Wildman–Crippen MR) is 138 cm³/mol. The van der Waals surface area contributed by atoms with E-state index in [-0.39, 0.29) is 34.9 Å².